The number of hydrogen-bond donors (Lipinski definition) is 1. The Kier molecular flexibility index (Phi) is 3.73. The van der Waals surface area contributed by atoms with Crippen molar-refractivity contribution in [1.29, 1.82) is 0 Å². The lowest BCUT2D eigenvalue weighted by atomic mass is 9.85. The molecule has 2 amide bonds. The predicted molar refractivity (Wildman–Crippen MR) is 65.7 cm³/mol. The van der Waals surface area contributed by atoms with E-state index in [0.29, 0.717) is 0 Å². The number of rotatable bonds is 4. The number of hydrogen-bond acceptors (Lipinski definition) is 2. The molecule has 1 aliphatic carbocycles. The third-order valence-corrected chi connectivity index (χ3v) is 4.36. The minimum atomic E-state index is -4.50. The van der Waals surface area contributed by atoms with Crippen molar-refractivity contribution in [3.8, 4) is 0 Å². The molecule has 0 bridgehead atoms. The second-order valence-electron chi connectivity index (χ2n) is 5.57. The number of nitrogens with zero attached hydrogens (tertiary/aromatic N) is 1. The van der Waals surface area contributed by atoms with Gasteiger partial charge >= 0.3 is 6.18 Å². The van der Waals surface area contributed by atoms with Gasteiger partial charge in [0.1, 0.15) is 18.1 Å². The fourth-order valence-corrected chi connectivity index (χ4v) is 2.95. The highest BCUT2D eigenvalue weighted by atomic mass is 19.4. The van der Waals surface area contributed by atoms with E-state index in [9.17, 15) is 22.8 Å². The summed E-state index contributed by atoms with van der Waals surface area (Å²) >= 11 is 0. The molecule has 0 radical (unpaired) electrons. The molecule has 1 N–H and O–H groups in total. The lowest BCUT2D eigenvalue weighted by molar-refractivity contribution is -0.184. The molecule has 114 valence electrons. The van der Waals surface area contributed by atoms with Crippen molar-refractivity contribution >= 4 is 11.8 Å². The van der Waals surface area contributed by atoms with Crippen molar-refractivity contribution in [2.45, 2.75) is 57.3 Å². The highest BCUT2D eigenvalue weighted by molar-refractivity contribution is 6.00. The molecule has 0 aromatic heterocycles. The van der Waals surface area contributed by atoms with Gasteiger partial charge in [-0.2, -0.15) is 13.2 Å². The maximum Gasteiger partial charge on any atom is 0.406 e. The van der Waals surface area contributed by atoms with Gasteiger partial charge in [0.05, 0.1) is 0 Å². The van der Waals surface area contributed by atoms with Gasteiger partial charge in [0.2, 0.25) is 11.8 Å². The second-order valence-corrected chi connectivity index (χ2v) is 5.57. The highest BCUT2D eigenvalue weighted by Gasteiger charge is 2.55. The molecule has 1 atom stereocenters. The van der Waals surface area contributed by atoms with Crippen molar-refractivity contribution < 1.29 is 22.8 Å². The Labute approximate surface area is 115 Å². The Morgan fingerprint density at radius 2 is 1.80 bits per heavy atom. The van der Waals surface area contributed by atoms with Gasteiger partial charge in [-0.25, -0.2) is 0 Å². The van der Waals surface area contributed by atoms with Crippen LogP contribution < -0.4 is 5.32 Å². The Morgan fingerprint density at radius 1 is 1.25 bits per heavy atom. The lowest BCUT2D eigenvalue weighted by Crippen LogP contribution is -2.71. The third kappa shape index (κ3) is 2.50. The summed E-state index contributed by atoms with van der Waals surface area (Å²) in [6, 6.07) is -0.781. The molecular weight excluding hydrogens is 273 g/mol. The molecule has 20 heavy (non-hydrogen) atoms. The van der Waals surface area contributed by atoms with Crippen molar-refractivity contribution in [2.24, 2.45) is 5.92 Å². The van der Waals surface area contributed by atoms with Crippen LogP contribution in [-0.4, -0.2) is 41.0 Å². The molecule has 1 unspecified atom stereocenters. The molecule has 1 saturated carbocycles. The zero-order valence-corrected chi connectivity index (χ0v) is 11.6. The van der Waals surface area contributed by atoms with Gasteiger partial charge in [0, 0.05) is 0 Å². The first-order valence-electron chi connectivity index (χ1n) is 6.94. The Hall–Kier alpha value is -1.27. The number of nitrogens with one attached hydrogen (secondary N) is 1. The van der Waals surface area contributed by atoms with Gasteiger partial charge in [-0.15, -0.1) is 0 Å². The van der Waals surface area contributed by atoms with Crippen LogP contribution in [0, 0.1) is 5.92 Å². The number of carbonyl (C=O) groups is 2. The molecule has 2 aliphatic rings. The number of piperazine rings is 1. The Balaban J connectivity index is 2.34. The van der Waals surface area contributed by atoms with Gasteiger partial charge in [-0.3, -0.25) is 9.59 Å². The maximum atomic E-state index is 12.8. The van der Waals surface area contributed by atoms with E-state index in [-0.39, 0.29) is 18.8 Å². The molecule has 0 spiro atoms. The molecule has 7 heteroatoms. The zero-order chi connectivity index (χ0) is 15.1. The molecule has 2 rings (SSSR count). The van der Waals surface area contributed by atoms with Gasteiger partial charge < -0.3 is 10.2 Å². The van der Waals surface area contributed by atoms with E-state index in [2.05, 4.69) is 5.32 Å². The molecular formula is C13H19F3N2O2. The average molecular weight is 292 g/mol. The summed E-state index contributed by atoms with van der Waals surface area (Å²) in [5.74, 6) is -1.05. The monoisotopic (exact) mass is 292 g/mol. The van der Waals surface area contributed by atoms with Crippen LogP contribution in [0.25, 0.3) is 0 Å². The van der Waals surface area contributed by atoms with Gasteiger partial charge in [0.15, 0.2) is 0 Å². The molecule has 0 aromatic carbocycles. The maximum absolute atomic E-state index is 12.8. The molecule has 1 heterocycles. The van der Waals surface area contributed by atoms with Gasteiger partial charge in [0.25, 0.3) is 0 Å². The quantitative estimate of drug-likeness (QED) is 0.859. The van der Waals surface area contributed by atoms with Crippen LogP contribution in [0.1, 0.15) is 39.5 Å². The van der Waals surface area contributed by atoms with Crippen LogP contribution in [0.3, 0.4) is 0 Å². The standard InChI is InChI=1S/C13H19F3N2O2/c1-3-12(4-2)11(20)17-9(8-5-6-8)10(19)18(12)7-13(14,15)16/h8-9H,3-7H2,1-2H3,(H,17,20). The van der Waals surface area contributed by atoms with E-state index in [4.69, 9.17) is 0 Å². The minimum absolute atomic E-state index is 0.00565. The van der Waals surface area contributed by atoms with E-state index in [1.54, 1.807) is 13.8 Å². The average Bonchev–Trinajstić information content (AvgIpc) is 3.17. The van der Waals surface area contributed by atoms with Crippen molar-refractivity contribution in [1.82, 2.24) is 10.2 Å². The summed E-state index contributed by atoms with van der Waals surface area (Å²) in [4.78, 5) is 25.4. The number of amides is 2. The molecule has 2 fully saturated rings. The SMILES string of the molecule is CCC1(CC)C(=O)NC(C2CC2)C(=O)N1CC(F)(F)F. The van der Waals surface area contributed by atoms with Crippen molar-refractivity contribution in [3.63, 3.8) is 0 Å². The Bertz CT molecular complexity index is 414. The van der Waals surface area contributed by atoms with Crippen LogP contribution in [0.5, 0.6) is 0 Å². The minimum Gasteiger partial charge on any atom is -0.342 e. The number of carbonyl (C=O) groups excluding carboxylic acids is 2. The summed E-state index contributed by atoms with van der Waals surface area (Å²) in [6.45, 7) is 1.92. The molecule has 1 saturated heterocycles. The summed E-state index contributed by atoms with van der Waals surface area (Å²) in [5, 5.41) is 2.64. The third-order valence-electron chi connectivity index (χ3n) is 4.36. The van der Waals surface area contributed by atoms with E-state index in [1.807, 2.05) is 0 Å². The normalized spacial score (nSPS) is 26.6. The van der Waals surface area contributed by atoms with Crippen molar-refractivity contribution in [2.75, 3.05) is 6.54 Å². The predicted octanol–water partition coefficient (Wildman–Crippen LogP) is 1.84. The van der Waals surface area contributed by atoms with Crippen molar-refractivity contribution in [3.05, 3.63) is 0 Å². The molecule has 0 aromatic rings. The van der Waals surface area contributed by atoms with Crippen LogP contribution in [0.2, 0.25) is 0 Å². The van der Waals surface area contributed by atoms with E-state index in [0.717, 1.165) is 17.7 Å². The smallest absolute Gasteiger partial charge is 0.342 e. The summed E-state index contributed by atoms with van der Waals surface area (Å²) < 4.78 is 38.3. The summed E-state index contributed by atoms with van der Waals surface area (Å²) in [6.07, 6.45) is -2.59. The number of alkyl halides is 3. The van der Waals surface area contributed by atoms with E-state index >= 15 is 0 Å². The second kappa shape index (κ2) is 4.93. The molecule has 4 nitrogen and oxygen atoms in total. The molecule has 1 aliphatic heterocycles. The zero-order valence-electron chi connectivity index (χ0n) is 11.6. The summed E-state index contributed by atoms with van der Waals surface area (Å²) in [7, 11) is 0. The van der Waals surface area contributed by atoms with Crippen LogP contribution in [0.4, 0.5) is 13.2 Å². The van der Waals surface area contributed by atoms with Crippen LogP contribution in [-0.2, 0) is 9.59 Å². The van der Waals surface area contributed by atoms with Gasteiger partial charge in [-0.1, -0.05) is 13.8 Å². The lowest BCUT2D eigenvalue weighted by Gasteiger charge is -2.47. The van der Waals surface area contributed by atoms with E-state index < -0.39 is 36.1 Å². The van der Waals surface area contributed by atoms with Crippen LogP contribution in [0.15, 0.2) is 0 Å². The Morgan fingerprint density at radius 3 is 2.20 bits per heavy atom. The first kappa shape index (κ1) is 15.1. The summed E-state index contributed by atoms with van der Waals surface area (Å²) in [5.41, 5.74) is -1.38. The highest BCUT2D eigenvalue weighted by Crippen LogP contribution is 2.39. The van der Waals surface area contributed by atoms with Gasteiger partial charge in [-0.05, 0) is 31.6 Å². The number of halogens is 3. The first-order valence-corrected chi connectivity index (χ1v) is 6.94. The van der Waals surface area contributed by atoms with E-state index in [1.165, 1.54) is 0 Å². The first-order chi connectivity index (χ1) is 9.25. The fraction of sp³-hybridized carbons (Fsp3) is 0.846. The van der Waals surface area contributed by atoms with Crippen LogP contribution >= 0.6 is 0 Å². The largest absolute Gasteiger partial charge is 0.406 e. The fourth-order valence-electron chi connectivity index (χ4n) is 2.95. The topological polar surface area (TPSA) is 49.4 Å².